The van der Waals surface area contributed by atoms with Crippen LogP contribution in [0.5, 0.6) is 0 Å². The SMILES string of the molecule is C=CCn1c(SCC(=O)Nc2cc(C)nn2-c2ccc(C)cc2)nnc1C1CC1. The van der Waals surface area contributed by atoms with E-state index in [4.69, 9.17) is 0 Å². The maximum atomic E-state index is 12.6. The van der Waals surface area contributed by atoms with Gasteiger partial charge in [0.25, 0.3) is 0 Å². The van der Waals surface area contributed by atoms with E-state index in [0.29, 0.717) is 18.3 Å². The van der Waals surface area contributed by atoms with Crippen LogP contribution in [0.25, 0.3) is 5.69 Å². The minimum absolute atomic E-state index is 0.107. The molecule has 3 aromatic rings. The molecule has 2 aromatic heterocycles. The molecule has 1 fully saturated rings. The Morgan fingerprint density at radius 3 is 2.72 bits per heavy atom. The Balaban J connectivity index is 1.45. The summed E-state index contributed by atoms with van der Waals surface area (Å²) in [7, 11) is 0. The summed E-state index contributed by atoms with van der Waals surface area (Å²) in [6, 6.07) is 9.90. The van der Waals surface area contributed by atoms with Crippen LogP contribution in [0.1, 0.15) is 35.8 Å². The van der Waals surface area contributed by atoms with E-state index in [-0.39, 0.29) is 11.7 Å². The Labute approximate surface area is 174 Å². The maximum Gasteiger partial charge on any atom is 0.236 e. The molecule has 29 heavy (non-hydrogen) atoms. The van der Waals surface area contributed by atoms with Crippen molar-refractivity contribution in [3.05, 3.63) is 60.1 Å². The summed E-state index contributed by atoms with van der Waals surface area (Å²) < 4.78 is 3.81. The molecule has 0 aliphatic heterocycles. The first-order valence-electron chi connectivity index (χ1n) is 9.65. The number of amides is 1. The van der Waals surface area contributed by atoms with Gasteiger partial charge in [-0.2, -0.15) is 5.10 Å². The molecule has 0 atom stereocenters. The van der Waals surface area contributed by atoms with Gasteiger partial charge in [0.05, 0.1) is 17.1 Å². The number of hydrogen-bond donors (Lipinski definition) is 1. The van der Waals surface area contributed by atoms with Gasteiger partial charge < -0.3 is 9.88 Å². The molecular weight excluding hydrogens is 384 g/mol. The van der Waals surface area contributed by atoms with Crippen LogP contribution in [-0.4, -0.2) is 36.2 Å². The number of aryl methyl sites for hydroxylation is 2. The van der Waals surface area contributed by atoms with Crippen LogP contribution in [0.4, 0.5) is 5.82 Å². The monoisotopic (exact) mass is 408 g/mol. The van der Waals surface area contributed by atoms with Gasteiger partial charge in [0.2, 0.25) is 5.91 Å². The molecule has 0 unspecified atom stereocenters. The van der Waals surface area contributed by atoms with Gasteiger partial charge in [-0.1, -0.05) is 35.5 Å². The van der Waals surface area contributed by atoms with Gasteiger partial charge in [0.15, 0.2) is 5.16 Å². The first-order chi connectivity index (χ1) is 14.0. The summed E-state index contributed by atoms with van der Waals surface area (Å²) in [5, 5.41) is 16.8. The zero-order chi connectivity index (χ0) is 20.4. The van der Waals surface area contributed by atoms with Crippen molar-refractivity contribution in [3.63, 3.8) is 0 Å². The van der Waals surface area contributed by atoms with Crippen LogP contribution in [0, 0.1) is 13.8 Å². The molecule has 0 bridgehead atoms. The summed E-state index contributed by atoms with van der Waals surface area (Å²) >= 11 is 1.39. The molecule has 1 aliphatic carbocycles. The highest BCUT2D eigenvalue weighted by molar-refractivity contribution is 7.99. The van der Waals surface area contributed by atoms with Crippen molar-refractivity contribution in [1.29, 1.82) is 0 Å². The number of benzene rings is 1. The lowest BCUT2D eigenvalue weighted by atomic mass is 10.2. The zero-order valence-electron chi connectivity index (χ0n) is 16.6. The van der Waals surface area contributed by atoms with E-state index in [9.17, 15) is 4.79 Å². The molecule has 1 amide bonds. The Hall–Kier alpha value is -2.87. The minimum atomic E-state index is -0.107. The zero-order valence-corrected chi connectivity index (χ0v) is 17.4. The van der Waals surface area contributed by atoms with Gasteiger partial charge >= 0.3 is 0 Å². The van der Waals surface area contributed by atoms with Crippen molar-refractivity contribution in [3.8, 4) is 5.69 Å². The Morgan fingerprint density at radius 2 is 2.03 bits per heavy atom. The molecule has 0 radical (unpaired) electrons. The Morgan fingerprint density at radius 1 is 1.28 bits per heavy atom. The number of nitrogens with one attached hydrogen (secondary N) is 1. The van der Waals surface area contributed by atoms with E-state index < -0.39 is 0 Å². The Kier molecular flexibility index (Phi) is 5.53. The molecule has 2 heterocycles. The summed E-state index contributed by atoms with van der Waals surface area (Å²) in [6.45, 7) is 8.42. The number of rotatable bonds is 8. The van der Waals surface area contributed by atoms with Gasteiger partial charge in [-0.3, -0.25) is 4.79 Å². The molecule has 1 aliphatic rings. The molecule has 150 valence electrons. The molecule has 4 rings (SSSR count). The van der Waals surface area contributed by atoms with Crippen LogP contribution < -0.4 is 5.32 Å². The Bertz CT molecular complexity index is 1030. The number of carbonyl (C=O) groups is 1. The van der Waals surface area contributed by atoms with E-state index in [1.54, 1.807) is 4.68 Å². The fourth-order valence-electron chi connectivity index (χ4n) is 3.13. The number of allylic oxidation sites excluding steroid dienone is 1. The second kappa shape index (κ2) is 8.24. The minimum Gasteiger partial charge on any atom is -0.310 e. The standard InChI is InChI=1S/C21H24N6OS/c1-4-11-26-20(16-7-8-16)23-24-21(26)29-13-19(28)22-18-12-15(3)25-27(18)17-9-5-14(2)6-10-17/h4-6,9-10,12,16H,1,7-8,11,13H2,2-3H3,(H,22,28). The predicted octanol–water partition coefficient (Wildman–Crippen LogP) is 3.87. The largest absolute Gasteiger partial charge is 0.310 e. The van der Waals surface area contributed by atoms with Crippen molar-refractivity contribution in [1.82, 2.24) is 24.5 Å². The average Bonchev–Trinajstić information content (AvgIpc) is 3.37. The van der Waals surface area contributed by atoms with Gasteiger partial charge in [0.1, 0.15) is 11.6 Å². The van der Waals surface area contributed by atoms with E-state index >= 15 is 0 Å². The fourth-order valence-corrected chi connectivity index (χ4v) is 3.89. The van der Waals surface area contributed by atoms with E-state index in [2.05, 4.69) is 31.8 Å². The maximum absolute atomic E-state index is 12.6. The quantitative estimate of drug-likeness (QED) is 0.452. The van der Waals surface area contributed by atoms with Crippen molar-refractivity contribution in [2.75, 3.05) is 11.1 Å². The first-order valence-corrected chi connectivity index (χ1v) is 10.6. The number of carbonyl (C=O) groups excluding carboxylic acids is 1. The third kappa shape index (κ3) is 4.42. The van der Waals surface area contributed by atoms with Gasteiger partial charge in [-0.05, 0) is 38.8 Å². The molecule has 1 N–H and O–H groups in total. The van der Waals surface area contributed by atoms with Gasteiger partial charge in [0, 0.05) is 18.5 Å². The molecule has 0 saturated heterocycles. The summed E-state index contributed by atoms with van der Waals surface area (Å²) in [5.74, 6) is 2.30. The number of thioether (sulfide) groups is 1. The topological polar surface area (TPSA) is 77.6 Å². The second-order valence-electron chi connectivity index (χ2n) is 7.27. The normalized spacial score (nSPS) is 13.4. The lowest BCUT2D eigenvalue weighted by Crippen LogP contribution is -2.17. The van der Waals surface area contributed by atoms with Gasteiger partial charge in [-0.25, -0.2) is 4.68 Å². The number of nitrogens with zero attached hydrogens (tertiary/aromatic N) is 5. The number of hydrogen-bond acceptors (Lipinski definition) is 5. The third-order valence-electron chi connectivity index (χ3n) is 4.71. The number of anilines is 1. The lowest BCUT2D eigenvalue weighted by molar-refractivity contribution is -0.113. The van der Waals surface area contributed by atoms with Crippen molar-refractivity contribution in [2.24, 2.45) is 0 Å². The highest BCUT2D eigenvalue weighted by Crippen LogP contribution is 2.40. The molecular formula is C21H24N6OS. The van der Waals surface area contributed by atoms with Crippen molar-refractivity contribution >= 4 is 23.5 Å². The fraction of sp³-hybridized carbons (Fsp3) is 0.333. The number of aromatic nitrogens is 5. The molecule has 1 saturated carbocycles. The lowest BCUT2D eigenvalue weighted by Gasteiger charge is -2.10. The summed E-state index contributed by atoms with van der Waals surface area (Å²) in [4.78, 5) is 12.6. The van der Waals surface area contributed by atoms with Gasteiger partial charge in [-0.15, -0.1) is 16.8 Å². The molecule has 8 heteroatoms. The highest BCUT2D eigenvalue weighted by atomic mass is 32.2. The van der Waals surface area contributed by atoms with E-state index in [1.165, 1.54) is 17.3 Å². The van der Waals surface area contributed by atoms with Crippen molar-refractivity contribution < 1.29 is 4.79 Å². The first kappa shape index (κ1) is 19.4. The smallest absolute Gasteiger partial charge is 0.236 e. The van der Waals surface area contributed by atoms with Crippen LogP contribution in [0.15, 0.2) is 48.1 Å². The van der Waals surface area contributed by atoms with Crippen LogP contribution in [0.2, 0.25) is 0 Å². The van der Waals surface area contributed by atoms with Crippen molar-refractivity contribution in [2.45, 2.75) is 44.3 Å². The molecule has 1 aromatic carbocycles. The highest BCUT2D eigenvalue weighted by Gasteiger charge is 2.30. The van der Waals surface area contributed by atoms with E-state index in [1.807, 2.05) is 50.3 Å². The molecule has 0 spiro atoms. The summed E-state index contributed by atoms with van der Waals surface area (Å²) in [6.07, 6.45) is 4.15. The third-order valence-corrected chi connectivity index (χ3v) is 5.68. The van der Waals surface area contributed by atoms with E-state index in [0.717, 1.165) is 35.2 Å². The van der Waals surface area contributed by atoms with Crippen LogP contribution in [0.3, 0.4) is 0 Å². The average molecular weight is 409 g/mol. The molecule has 7 nitrogen and oxygen atoms in total. The predicted molar refractivity (Wildman–Crippen MR) is 115 cm³/mol. The van der Waals surface area contributed by atoms with Crippen LogP contribution in [-0.2, 0) is 11.3 Å². The van der Waals surface area contributed by atoms with Crippen LogP contribution >= 0.6 is 11.8 Å². The summed E-state index contributed by atoms with van der Waals surface area (Å²) in [5.41, 5.74) is 2.92. The second-order valence-corrected chi connectivity index (χ2v) is 8.21.